The minimum atomic E-state index is -0.566. The summed E-state index contributed by atoms with van der Waals surface area (Å²) in [5.41, 5.74) is 2.92. The van der Waals surface area contributed by atoms with Crippen LogP contribution in [-0.4, -0.2) is 19.0 Å². The maximum Gasteiger partial charge on any atom is 0.339 e. The van der Waals surface area contributed by atoms with Gasteiger partial charge in [0, 0.05) is 16.0 Å². The number of halogens is 1. The van der Waals surface area contributed by atoms with Gasteiger partial charge in [-0.25, -0.2) is 4.79 Å². The van der Waals surface area contributed by atoms with Crippen LogP contribution in [0.5, 0.6) is 0 Å². The van der Waals surface area contributed by atoms with Crippen molar-refractivity contribution in [2.45, 2.75) is 13.8 Å². The number of carbonyl (C=O) groups excluding carboxylic acids is 2. The normalized spacial score (nSPS) is 10.7. The summed E-state index contributed by atoms with van der Waals surface area (Å²) in [5.74, 6) is -0.834. The number of esters is 1. The fourth-order valence-electron chi connectivity index (χ4n) is 2.64. The van der Waals surface area contributed by atoms with Gasteiger partial charge in [-0.05, 0) is 44.2 Å². The third kappa shape index (κ3) is 3.23. The van der Waals surface area contributed by atoms with E-state index in [1.54, 1.807) is 6.07 Å². The van der Waals surface area contributed by atoms with Gasteiger partial charge in [-0.2, -0.15) is 0 Å². The number of carbonyl (C=O) groups is 2. The summed E-state index contributed by atoms with van der Waals surface area (Å²) in [7, 11) is 1.27. The van der Waals surface area contributed by atoms with Crippen LogP contribution in [0.3, 0.4) is 0 Å². The molecule has 0 atom stereocenters. The molecule has 0 aliphatic heterocycles. The molecule has 0 aliphatic carbocycles. The molecule has 0 saturated carbocycles. The van der Waals surface area contributed by atoms with Crippen molar-refractivity contribution in [3.63, 3.8) is 0 Å². The predicted octanol–water partition coefficient (Wildman–Crippen LogP) is 4.74. The Morgan fingerprint density at radius 2 is 1.88 bits per heavy atom. The second kappa shape index (κ2) is 6.61. The number of rotatable bonds is 3. The molecule has 2 aromatic carbocycles. The van der Waals surface area contributed by atoms with Gasteiger partial charge in [0.1, 0.15) is 5.58 Å². The fourth-order valence-corrected chi connectivity index (χ4v) is 2.81. The molecule has 0 aliphatic rings. The van der Waals surface area contributed by atoms with Crippen LogP contribution in [0, 0.1) is 13.8 Å². The van der Waals surface area contributed by atoms with Crippen LogP contribution < -0.4 is 5.32 Å². The highest BCUT2D eigenvalue weighted by molar-refractivity contribution is 6.31. The van der Waals surface area contributed by atoms with E-state index in [1.165, 1.54) is 19.2 Å². The van der Waals surface area contributed by atoms with Crippen molar-refractivity contribution in [2.75, 3.05) is 12.4 Å². The van der Waals surface area contributed by atoms with Crippen LogP contribution in [0.4, 0.5) is 5.69 Å². The van der Waals surface area contributed by atoms with E-state index in [0.29, 0.717) is 10.6 Å². The fraction of sp³-hybridized carbons (Fsp3) is 0.158. The van der Waals surface area contributed by atoms with Gasteiger partial charge in [0.15, 0.2) is 5.76 Å². The summed E-state index contributed by atoms with van der Waals surface area (Å²) >= 11 is 5.98. The van der Waals surface area contributed by atoms with E-state index in [9.17, 15) is 9.59 Å². The van der Waals surface area contributed by atoms with Crippen LogP contribution in [0.2, 0.25) is 5.02 Å². The zero-order valence-corrected chi connectivity index (χ0v) is 14.7. The standard InChI is InChI=1S/C19H16ClNO4/c1-10-4-7-16-14(8-10)11(2)17(25-16)18(22)21-15-9-12(20)5-6-13(15)19(23)24-3/h4-9H,1-3H3,(H,21,22). The molecule has 25 heavy (non-hydrogen) atoms. The van der Waals surface area contributed by atoms with Gasteiger partial charge < -0.3 is 14.5 Å². The van der Waals surface area contributed by atoms with E-state index < -0.39 is 11.9 Å². The van der Waals surface area contributed by atoms with Gasteiger partial charge >= 0.3 is 5.97 Å². The monoisotopic (exact) mass is 357 g/mol. The largest absolute Gasteiger partial charge is 0.465 e. The van der Waals surface area contributed by atoms with Crippen LogP contribution in [0.15, 0.2) is 40.8 Å². The Hall–Kier alpha value is -2.79. The van der Waals surface area contributed by atoms with E-state index in [4.69, 9.17) is 20.8 Å². The topological polar surface area (TPSA) is 68.5 Å². The zero-order valence-electron chi connectivity index (χ0n) is 14.0. The number of hydrogen-bond acceptors (Lipinski definition) is 4. The lowest BCUT2D eigenvalue weighted by molar-refractivity contribution is 0.0602. The molecule has 3 rings (SSSR count). The number of hydrogen-bond donors (Lipinski definition) is 1. The smallest absolute Gasteiger partial charge is 0.339 e. The number of methoxy groups -OCH3 is 1. The Labute approximate surface area is 149 Å². The Morgan fingerprint density at radius 1 is 1.12 bits per heavy atom. The van der Waals surface area contributed by atoms with Crippen LogP contribution >= 0.6 is 11.6 Å². The SMILES string of the molecule is COC(=O)c1ccc(Cl)cc1NC(=O)c1oc2ccc(C)cc2c1C. The van der Waals surface area contributed by atoms with E-state index in [1.807, 2.05) is 32.0 Å². The van der Waals surface area contributed by atoms with Crippen molar-refractivity contribution in [2.24, 2.45) is 0 Å². The summed E-state index contributed by atoms with van der Waals surface area (Å²) in [6, 6.07) is 10.3. The average molecular weight is 358 g/mol. The number of aryl methyl sites for hydroxylation is 2. The Bertz CT molecular complexity index is 990. The number of anilines is 1. The molecule has 0 unspecified atom stereocenters. The molecule has 128 valence electrons. The second-order valence-electron chi connectivity index (χ2n) is 5.69. The summed E-state index contributed by atoms with van der Waals surface area (Å²) in [4.78, 5) is 24.5. The summed E-state index contributed by atoms with van der Waals surface area (Å²) in [5, 5.41) is 3.95. The van der Waals surface area contributed by atoms with Crippen LogP contribution in [0.1, 0.15) is 32.0 Å². The molecule has 0 radical (unpaired) electrons. The maximum absolute atomic E-state index is 12.7. The molecule has 5 nitrogen and oxygen atoms in total. The highest BCUT2D eigenvalue weighted by Gasteiger charge is 2.20. The molecular formula is C19H16ClNO4. The number of amides is 1. The molecule has 0 fully saturated rings. The summed E-state index contributed by atoms with van der Waals surface area (Å²) < 4.78 is 10.4. The quantitative estimate of drug-likeness (QED) is 0.687. The van der Waals surface area contributed by atoms with Crippen molar-refractivity contribution in [3.8, 4) is 0 Å². The number of nitrogens with one attached hydrogen (secondary N) is 1. The average Bonchev–Trinajstić information content (AvgIpc) is 2.91. The van der Waals surface area contributed by atoms with Gasteiger partial charge in [0.2, 0.25) is 0 Å². The Balaban J connectivity index is 2.00. The van der Waals surface area contributed by atoms with Gasteiger partial charge in [0.25, 0.3) is 5.91 Å². The number of fused-ring (bicyclic) bond motifs is 1. The van der Waals surface area contributed by atoms with Gasteiger partial charge in [-0.1, -0.05) is 23.2 Å². The molecule has 0 saturated heterocycles. The van der Waals surface area contributed by atoms with Gasteiger partial charge in [0.05, 0.1) is 18.4 Å². The lowest BCUT2D eigenvalue weighted by Crippen LogP contribution is -2.15. The second-order valence-corrected chi connectivity index (χ2v) is 6.13. The first-order chi connectivity index (χ1) is 11.9. The zero-order chi connectivity index (χ0) is 18.1. The molecular weight excluding hydrogens is 342 g/mol. The number of furan rings is 1. The molecule has 1 amide bonds. The highest BCUT2D eigenvalue weighted by atomic mass is 35.5. The summed E-state index contributed by atoms with van der Waals surface area (Å²) in [6.45, 7) is 3.79. The molecule has 0 bridgehead atoms. The number of benzene rings is 2. The maximum atomic E-state index is 12.7. The third-order valence-electron chi connectivity index (χ3n) is 3.93. The van der Waals surface area contributed by atoms with Crippen molar-refractivity contribution in [1.82, 2.24) is 0 Å². The third-order valence-corrected chi connectivity index (χ3v) is 4.17. The highest BCUT2D eigenvalue weighted by Crippen LogP contribution is 2.28. The molecule has 1 heterocycles. The van der Waals surface area contributed by atoms with Crippen LogP contribution in [-0.2, 0) is 4.74 Å². The Morgan fingerprint density at radius 3 is 2.60 bits per heavy atom. The summed E-state index contributed by atoms with van der Waals surface area (Å²) in [6.07, 6.45) is 0. The van der Waals surface area contributed by atoms with E-state index in [2.05, 4.69) is 5.32 Å². The lowest BCUT2D eigenvalue weighted by Gasteiger charge is -2.09. The molecule has 6 heteroatoms. The van der Waals surface area contributed by atoms with Crippen molar-refractivity contribution < 1.29 is 18.7 Å². The van der Waals surface area contributed by atoms with Crippen molar-refractivity contribution in [1.29, 1.82) is 0 Å². The predicted molar refractivity (Wildman–Crippen MR) is 96.4 cm³/mol. The van der Waals surface area contributed by atoms with E-state index in [-0.39, 0.29) is 17.0 Å². The first kappa shape index (κ1) is 17.0. The van der Waals surface area contributed by atoms with E-state index >= 15 is 0 Å². The van der Waals surface area contributed by atoms with Gasteiger partial charge in [-0.3, -0.25) is 4.79 Å². The first-order valence-electron chi connectivity index (χ1n) is 7.59. The molecule has 3 aromatic rings. The molecule has 1 aromatic heterocycles. The lowest BCUT2D eigenvalue weighted by atomic mass is 10.1. The first-order valence-corrected chi connectivity index (χ1v) is 7.97. The number of ether oxygens (including phenoxy) is 1. The van der Waals surface area contributed by atoms with Crippen molar-refractivity contribution >= 4 is 40.1 Å². The van der Waals surface area contributed by atoms with Gasteiger partial charge in [-0.15, -0.1) is 0 Å². The molecule has 1 N–H and O–H groups in total. The Kier molecular flexibility index (Phi) is 4.51. The molecule has 0 spiro atoms. The minimum absolute atomic E-state index is 0.191. The minimum Gasteiger partial charge on any atom is -0.465 e. The van der Waals surface area contributed by atoms with Crippen LogP contribution in [0.25, 0.3) is 11.0 Å². The van der Waals surface area contributed by atoms with Crippen molar-refractivity contribution in [3.05, 3.63) is 63.9 Å². The van der Waals surface area contributed by atoms with E-state index in [0.717, 1.165) is 16.5 Å².